The van der Waals surface area contributed by atoms with Gasteiger partial charge >= 0.3 is 11.8 Å². The van der Waals surface area contributed by atoms with E-state index in [9.17, 15) is 9.59 Å². The average Bonchev–Trinajstić information content (AvgIpc) is 2.75. The smallest absolute Gasteiger partial charge is 0.355 e. The first-order valence-electron chi connectivity index (χ1n) is 5.89. The number of nitrogens with zero attached hydrogens (tertiary/aromatic N) is 2. The number of oxazole rings is 1. The molecule has 0 radical (unpaired) electrons. The summed E-state index contributed by atoms with van der Waals surface area (Å²) in [6, 6.07) is 6.03. The van der Waals surface area contributed by atoms with Gasteiger partial charge in [0.05, 0.1) is 12.1 Å². The topological polar surface area (TPSA) is 73.8 Å². The van der Waals surface area contributed by atoms with E-state index in [0.29, 0.717) is 16.1 Å². The molecule has 0 N–H and O–H groups in total. The van der Waals surface area contributed by atoms with Crippen molar-refractivity contribution in [3.8, 4) is 0 Å². The van der Waals surface area contributed by atoms with Crippen molar-refractivity contribution in [3.05, 3.63) is 45.3 Å². The summed E-state index contributed by atoms with van der Waals surface area (Å²) in [6.07, 6.45) is 0. The van der Waals surface area contributed by atoms with Gasteiger partial charge in [-0.15, -0.1) is 0 Å². The fourth-order valence-corrected chi connectivity index (χ4v) is 2.13. The molecule has 6 nitrogen and oxygen atoms in total. The predicted molar refractivity (Wildman–Crippen MR) is 72.2 cm³/mol. The van der Waals surface area contributed by atoms with Crippen LogP contribution in [0, 0.1) is 0 Å². The minimum atomic E-state index is -0.621. The molecule has 0 aliphatic carbocycles. The molecule has 0 aliphatic heterocycles. The van der Waals surface area contributed by atoms with Gasteiger partial charge in [0.1, 0.15) is 5.69 Å². The monoisotopic (exact) mass is 292 g/mol. The van der Waals surface area contributed by atoms with Gasteiger partial charge in [0, 0.05) is 11.1 Å². The SMILES string of the molecule is CCOC(=O)c1cc(=O)nc2oc3ccc(Cl)cc3n12. The van der Waals surface area contributed by atoms with Crippen LogP contribution in [0.15, 0.2) is 33.5 Å². The van der Waals surface area contributed by atoms with Gasteiger partial charge in [-0.1, -0.05) is 11.6 Å². The standard InChI is InChI=1S/C13H9ClN2O4/c1-2-19-12(18)9-6-11(17)15-13-16(9)8-5-7(14)3-4-10(8)20-13/h3-6H,2H2,1H3. The molecule has 1 aromatic carbocycles. The van der Waals surface area contributed by atoms with Crippen molar-refractivity contribution >= 4 is 34.5 Å². The second-order valence-electron chi connectivity index (χ2n) is 4.03. The molecule has 0 saturated heterocycles. The van der Waals surface area contributed by atoms with Crippen molar-refractivity contribution in [2.75, 3.05) is 6.61 Å². The lowest BCUT2D eigenvalue weighted by Crippen LogP contribution is -2.17. The molecule has 3 aromatic rings. The van der Waals surface area contributed by atoms with E-state index in [0.717, 1.165) is 6.07 Å². The van der Waals surface area contributed by atoms with Gasteiger partial charge in [0.25, 0.3) is 5.56 Å². The molecule has 0 bridgehead atoms. The molecular weight excluding hydrogens is 284 g/mol. The summed E-state index contributed by atoms with van der Waals surface area (Å²) in [6.45, 7) is 1.89. The summed E-state index contributed by atoms with van der Waals surface area (Å²) < 4.78 is 11.8. The predicted octanol–water partition coefficient (Wildman–Crippen LogP) is 2.27. The molecule has 2 heterocycles. The van der Waals surface area contributed by atoms with E-state index < -0.39 is 11.5 Å². The summed E-state index contributed by atoms with van der Waals surface area (Å²) in [7, 11) is 0. The van der Waals surface area contributed by atoms with E-state index in [2.05, 4.69) is 4.98 Å². The Hall–Kier alpha value is -2.34. The Balaban J connectivity index is 2.43. The number of ether oxygens (including phenoxy) is 1. The van der Waals surface area contributed by atoms with Crippen LogP contribution in [0.1, 0.15) is 17.4 Å². The second-order valence-corrected chi connectivity index (χ2v) is 4.47. The number of halogens is 1. The highest BCUT2D eigenvalue weighted by atomic mass is 35.5. The van der Waals surface area contributed by atoms with Crippen LogP contribution in [0.5, 0.6) is 0 Å². The van der Waals surface area contributed by atoms with Crippen molar-refractivity contribution in [1.29, 1.82) is 0 Å². The van der Waals surface area contributed by atoms with E-state index in [4.69, 9.17) is 20.8 Å². The third-order valence-corrected chi connectivity index (χ3v) is 2.98. The Bertz CT molecular complexity index is 881. The molecule has 0 fully saturated rings. The van der Waals surface area contributed by atoms with Crippen molar-refractivity contribution < 1.29 is 13.9 Å². The van der Waals surface area contributed by atoms with Gasteiger partial charge in [-0.3, -0.25) is 9.20 Å². The molecule has 0 unspecified atom stereocenters. The van der Waals surface area contributed by atoms with Gasteiger partial charge in [-0.2, -0.15) is 4.98 Å². The Labute approximate surface area is 117 Å². The summed E-state index contributed by atoms with van der Waals surface area (Å²) in [5, 5.41) is 0.480. The van der Waals surface area contributed by atoms with Crippen molar-refractivity contribution in [1.82, 2.24) is 9.38 Å². The Morgan fingerprint density at radius 3 is 3.00 bits per heavy atom. The van der Waals surface area contributed by atoms with Gasteiger partial charge in [0.15, 0.2) is 5.58 Å². The van der Waals surface area contributed by atoms with E-state index in [-0.39, 0.29) is 18.1 Å². The lowest BCUT2D eigenvalue weighted by atomic mass is 10.3. The van der Waals surface area contributed by atoms with Gasteiger partial charge in [-0.05, 0) is 25.1 Å². The lowest BCUT2D eigenvalue weighted by molar-refractivity contribution is 0.0517. The van der Waals surface area contributed by atoms with Crippen molar-refractivity contribution in [2.24, 2.45) is 0 Å². The number of fused-ring (bicyclic) bond motifs is 3. The normalized spacial score (nSPS) is 11.1. The first-order chi connectivity index (χ1) is 9.60. The number of hydrogen-bond acceptors (Lipinski definition) is 5. The van der Waals surface area contributed by atoms with Gasteiger partial charge in [-0.25, -0.2) is 4.79 Å². The maximum Gasteiger partial charge on any atom is 0.355 e. The number of carbonyl (C=O) groups is 1. The molecule has 0 aliphatic rings. The quantitative estimate of drug-likeness (QED) is 0.677. The zero-order valence-electron chi connectivity index (χ0n) is 10.4. The van der Waals surface area contributed by atoms with E-state index in [1.54, 1.807) is 25.1 Å². The number of esters is 1. The highest BCUT2D eigenvalue weighted by molar-refractivity contribution is 6.31. The molecule has 0 saturated carbocycles. The largest absolute Gasteiger partial charge is 0.461 e. The van der Waals surface area contributed by atoms with Crippen molar-refractivity contribution in [3.63, 3.8) is 0 Å². The van der Waals surface area contributed by atoms with Crippen LogP contribution in [0.25, 0.3) is 16.9 Å². The van der Waals surface area contributed by atoms with E-state index in [1.165, 1.54) is 4.40 Å². The highest BCUT2D eigenvalue weighted by Gasteiger charge is 2.18. The summed E-state index contributed by atoms with van der Waals surface area (Å²) in [5.74, 6) is -0.595. The lowest BCUT2D eigenvalue weighted by Gasteiger charge is -2.03. The molecular formula is C13H9ClN2O4. The van der Waals surface area contributed by atoms with Crippen LogP contribution in [-0.4, -0.2) is 22.0 Å². The minimum absolute atomic E-state index is 0.0258. The third kappa shape index (κ3) is 1.94. The van der Waals surface area contributed by atoms with E-state index in [1.807, 2.05) is 0 Å². The number of aromatic nitrogens is 2. The van der Waals surface area contributed by atoms with Crippen LogP contribution < -0.4 is 5.56 Å². The number of hydrogen-bond donors (Lipinski definition) is 0. The molecule has 102 valence electrons. The van der Waals surface area contributed by atoms with Crippen LogP contribution >= 0.6 is 11.6 Å². The van der Waals surface area contributed by atoms with Crippen LogP contribution in [-0.2, 0) is 4.74 Å². The fourth-order valence-electron chi connectivity index (χ4n) is 1.97. The van der Waals surface area contributed by atoms with Crippen LogP contribution in [0.2, 0.25) is 5.02 Å². The van der Waals surface area contributed by atoms with Crippen LogP contribution in [0.3, 0.4) is 0 Å². The van der Waals surface area contributed by atoms with Gasteiger partial charge in [0.2, 0.25) is 0 Å². The van der Waals surface area contributed by atoms with Crippen LogP contribution in [0.4, 0.5) is 0 Å². The first-order valence-corrected chi connectivity index (χ1v) is 6.27. The fraction of sp³-hybridized carbons (Fsp3) is 0.154. The van der Waals surface area contributed by atoms with Crippen molar-refractivity contribution in [2.45, 2.75) is 6.92 Å². The average molecular weight is 293 g/mol. The number of benzene rings is 1. The molecule has 20 heavy (non-hydrogen) atoms. The molecule has 0 atom stereocenters. The summed E-state index contributed by atoms with van der Waals surface area (Å²) >= 11 is 5.95. The molecule has 7 heteroatoms. The summed E-state index contributed by atoms with van der Waals surface area (Å²) in [4.78, 5) is 27.2. The molecule has 0 amide bonds. The minimum Gasteiger partial charge on any atom is -0.461 e. The molecule has 3 rings (SSSR count). The third-order valence-electron chi connectivity index (χ3n) is 2.75. The zero-order chi connectivity index (χ0) is 14.3. The molecule has 2 aromatic heterocycles. The highest BCUT2D eigenvalue weighted by Crippen LogP contribution is 2.23. The van der Waals surface area contributed by atoms with E-state index >= 15 is 0 Å². The second kappa shape index (κ2) is 4.64. The maximum atomic E-state index is 12.0. The Morgan fingerprint density at radius 2 is 2.25 bits per heavy atom. The Morgan fingerprint density at radius 1 is 1.45 bits per heavy atom. The maximum absolute atomic E-state index is 12.0. The first kappa shape index (κ1) is 12.7. The molecule has 0 spiro atoms. The Kier molecular flexibility index (Phi) is 2.94. The number of carbonyl (C=O) groups excluding carboxylic acids is 1. The number of rotatable bonds is 2. The van der Waals surface area contributed by atoms with Gasteiger partial charge < -0.3 is 9.15 Å². The zero-order valence-corrected chi connectivity index (χ0v) is 11.2. The summed E-state index contributed by atoms with van der Waals surface area (Å²) in [5.41, 5.74) is 0.502.